The Morgan fingerprint density at radius 1 is 0.795 bits per heavy atom. The van der Waals surface area contributed by atoms with Crippen LogP contribution in [0.15, 0.2) is 91.0 Å². The van der Waals surface area contributed by atoms with E-state index in [0.29, 0.717) is 18.7 Å². The lowest BCUT2D eigenvalue weighted by Crippen LogP contribution is -2.45. The summed E-state index contributed by atoms with van der Waals surface area (Å²) in [6.45, 7) is 8.15. The maximum absolute atomic E-state index is 15.8. The molecule has 1 unspecified atom stereocenters. The number of pyridine rings is 1. The van der Waals surface area contributed by atoms with Gasteiger partial charge in [-0.25, -0.2) is 13.8 Å². The minimum Gasteiger partial charge on any atom is -0.386 e. The lowest BCUT2D eigenvalue weighted by atomic mass is 9.83. The van der Waals surface area contributed by atoms with Gasteiger partial charge in [-0.2, -0.15) is 0 Å². The fourth-order valence-electron chi connectivity index (χ4n) is 4.75. The Balaban J connectivity index is 1.82. The molecule has 0 aliphatic heterocycles. The van der Waals surface area contributed by atoms with Gasteiger partial charge in [-0.1, -0.05) is 74.5 Å². The second kappa shape index (κ2) is 11.7. The third kappa shape index (κ3) is 6.77. The van der Waals surface area contributed by atoms with E-state index in [2.05, 4.69) is 9.88 Å². The molecular weight excluding hydrogens is 494 g/mol. The molecule has 0 saturated carbocycles. The van der Waals surface area contributed by atoms with Gasteiger partial charge in [0, 0.05) is 30.8 Å². The quantitative estimate of drug-likeness (QED) is 0.237. The average molecular weight is 531 g/mol. The predicted octanol–water partition coefficient (Wildman–Crippen LogP) is 6.80. The molecule has 0 saturated heterocycles. The van der Waals surface area contributed by atoms with Crippen molar-refractivity contribution in [2.45, 2.75) is 52.0 Å². The highest BCUT2D eigenvalue weighted by Gasteiger charge is 2.39. The smallest absolute Gasteiger partial charge is 0.155 e. The summed E-state index contributed by atoms with van der Waals surface area (Å²) in [6, 6.07) is 26.9. The molecule has 1 aromatic heterocycles. The first-order valence-corrected chi connectivity index (χ1v) is 13.2. The van der Waals surface area contributed by atoms with Crippen LogP contribution in [0.4, 0.5) is 8.78 Å². The second-order valence-corrected chi connectivity index (χ2v) is 11.0. The topological polar surface area (TPSA) is 56.6 Å². The van der Waals surface area contributed by atoms with Crippen molar-refractivity contribution in [1.82, 2.24) is 9.88 Å². The third-order valence-electron chi connectivity index (χ3n) is 7.10. The number of aromatic nitrogens is 1. The molecule has 0 fully saturated rings. The van der Waals surface area contributed by atoms with Gasteiger partial charge in [0.05, 0.1) is 11.3 Å². The molecule has 0 radical (unpaired) electrons. The normalized spacial score (nSPS) is 13.6. The molecule has 0 amide bonds. The second-order valence-electron chi connectivity index (χ2n) is 11.0. The molecule has 4 nitrogen and oxygen atoms in total. The molecule has 0 aliphatic carbocycles. The number of benzene rings is 3. The summed E-state index contributed by atoms with van der Waals surface area (Å²) in [4.78, 5) is 6.77. The van der Waals surface area contributed by atoms with Gasteiger partial charge < -0.3 is 10.2 Å². The van der Waals surface area contributed by atoms with Gasteiger partial charge >= 0.3 is 0 Å². The van der Waals surface area contributed by atoms with Crippen LogP contribution in [0.1, 0.15) is 50.1 Å². The summed E-state index contributed by atoms with van der Waals surface area (Å²) in [5.41, 5.74) is -0.260. The molecule has 0 bridgehead atoms. The van der Waals surface area contributed by atoms with Gasteiger partial charge in [-0.15, -0.1) is 0 Å². The van der Waals surface area contributed by atoms with Crippen LogP contribution >= 0.6 is 0 Å². The van der Waals surface area contributed by atoms with Crippen LogP contribution in [-0.4, -0.2) is 26.6 Å². The summed E-state index contributed by atoms with van der Waals surface area (Å²) in [5.74, 6) is -1.45. The number of halogens is 2. The molecule has 2 N–H and O–H groups in total. The first kappa shape index (κ1) is 28.6. The number of nitrogens with zero attached hydrogens (tertiary/aromatic N) is 2. The molecule has 204 valence electrons. The number of hydrogen-bond acceptors (Lipinski definition) is 4. The van der Waals surface area contributed by atoms with E-state index in [1.165, 1.54) is 44.2 Å². The molecule has 1 atom stereocenters. The van der Waals surface area contributed by atoms with Gasteiger partial charge in [0.2, 0.25) is 0 Å². The fraction of sp³-hybridized carbons (Fsp3) is 0.303. The Kier molecular flexibility index (Phi) is 8.60. The van der Waals surface area contributed by atoms with E-state index < -0.39 is 22.8 Å². The Hall–Kier alpha value is -3.45. The van der Waals surface area contributed by atoms with E-state index >= 15 is 4.39 Å². The lowest BCUT2D eigenvalue weighted by Gasteiger charge is -2.38. The van der Waals surface area contributed by atoms with Crippen LogP contribution in [0.2, 0.25) is 0 Å². The summed E-state index contributed by atoms with van der Waals surface area (Å²) in [6.07, 6.45) is 0. The molecular formula is C33H36F2N2O2. The molecule has 39 heavy (non-hydrogen) atoms. The number of rotatable bonds is 10. The zero-order valence-electron chi connectivity index (χ0n) is 22.9. The summed E-state index contributed by atoms with van der Waals surface area (Å²) in [7, 11) is 0. The Labute approximate surface area is 229 Å². The molecule has 0 spiro atoms. The summed E-state index contributed by atoms with van der Waals surface area (Å²) < 4.78 is 29.4. The maximum Gasteiger partial charge on any atom is 0.155 e. The van der Waals surface area contributed by atoms with E-state index in [1.54, 1.807) is 0 Å². The van der Waals surface area contributed by atoms with E-state index in [9.17, 15) is 14.6 Å². The zero-order chi connectivity index (χ0) is 28.2. The molecule has 0 aliphatic rings. The molecule has 4 aromatic rings. The van der Waals surface area contributed by atoms with Gasteiger partial charge in [0.15, 0.2) is 5.82 Å². The van der Waals surface area contributed by atoms with Crippen molar-refractivity contribution in [3.8, 4) is 11.3 Å². The van der Waals surface area contributed by atoms with Crippen LogP contribution in [0.5, 0.6) is 0 Å². The van der Waals surface area contributed by atoms with E-state index in [1.807, 2.05) is 74.5 Å². The molecule has 4 rings (SSSR count). The maximum atomic E-state index is 15.8. The van der Waals surface area contributed by atoms with Crippen molar-refractivity contribution in [3.05, 3.63) is 125 Å². The summed E-state index contributed by atoms with van der Waals surface area (Å²) >= 11 is 0. The molecule has 1 heterocycles. The Morgan fingerprint density at radius 3 is 1.77 bits per heavy atom. The number of hydrogen-bond donors (Lipinski definition) is 2. The largest absolute Gasteiger partial charge is 0.386 e. The van der Waals surface area contributed by atoms with Crippen molar-refractivity contribution in [2.75, 3.05) is 6.54 Å². The predicted molar refractivity (Wildman–Crippen MR) is 151 cm³/mol. The monoisotopic (exact) mass is 530 g/mol. The van der Waals surface area contributed by atoms with Crippen molar-refractivity contribution < 1.29 is 19.0 Å². The minimum absolute atomic E-state index is 0.0172. The summed E-state index contributed by atoms with van der Waals surface area (Å²) in [5, 5.41) is 23.2. The minimum atomic E-state index is -1.54. The number of aliphatic hydroxyl groups is 2. The van der Waals surface area contributed by atoms with E-state index in [4.69, 9.17) is 0 Å². The Bertz CT molecular complexity index is 1330. The highest BCUT2D eigenvalue weighted by atomic mass is 19.1. The first-order valence-electron chi connectivity index (χ1n) is 13.2. The van der Waals surface area contributed by atoms with Gasteiger partial charge in [-0.3, -0.25) is 4.90 Å². The third-order valence-corrected chi connectivity index (χ3v) is 7.10. The highest BCUT2D eigenvalue weighted by molar-refractivity contribution is 5.62. The van der Waals surface area contributed by atoms with Crippen LogP contribution in [0, 0.1) is 17.6 Å². The standard InChI is InChI=1S/C33H36F2N2O2/c1-23(2)33(39,22-37(20-24-11-7-5-8-12-24)21-25-13-9-6-10-14-25)29-19-28(32(3,4)38)30(35)31(36-29)26-15-17-27(34)18-16-26/h5-19,23,38-39H,20-22H2,1-4H3. The van der Waals surface area contributed by atoms with Crippen LogP contribution in [-0.2, 0) is 24.3 Å². The molecule has 6 heteroatoms. The van der Waals surface area contributed by atoms with Crippen molar-refractivity contribution >= 4 is 0 Å². The van der Waals surface area contributed by atoms with Crippen molar-refractivity contribution in [1.29, 1.82) is 0 Å². The highest BCUT2D eigenvalue weighted by Crippen LogP contribution is 2.37. The van der Waals surface area contributed by atoms with Crippen LogP contribution < -0.4 is 0 Å². The SMILES string of the molecule is CC(C)C(O)(CN(Cc1ccccc1)Cc1ccccc1)c1cc(C(C)(C)O)c(F)c(-c2ccc(F)cc2)n1. The first-order chi connectivity index (χ1) is 18.5. The molecule has 3 aromatic carbocycles. The lowest BCUT2D eigenvalue weighted by molar-refractivity contribution is -0.0482. The van der Waals surface area contributed by atoms with Gasteiger partial charge in [0.1, 0.15) is 17.1 Å². The zero-order valence-corrected chi connectivity index (χ0v) is 22.9. The fourth-order valence-corrected chi connectivity index (χ4v) is 4.75. The van der Waals surface area contributed by atoms with E-state index in [-0.39, 0.29) is 29.4 Å². The Morgan fingerprint density at radius 2 is 1.31 bits per heavy atom. The van der Waals surface area contributed by atoms with E-state index in [0.717, 1.165) is 11.1 Å². The van der Waals surface area contributed by atoms with Crippen molar-refractivity contribution in [3.63, 3.8) is 0 Å². The van der Waals surface area contributed by atoms with Crippen LogP contribution in [0.25, 0.3) is 11.3 Å². The van der Waals surface area contributed by atoms with Crippen LogP contribution in [0.3, 0.4) is 0 Å². The van der Waals surface area contributed by atoms with Gasteiger partial charge in [0.25, 0.3) is 0 Å². The van der Waals surface area contributed by atoms with Gasteiger partial charge in [-0.05, 0) is 61.2 Å². The average Bonchev–Trinajstić information content (AvgIpc) is 2.89. The van der Waals surface area contributed by atoms with Crippen molar-refractivity contribution in [2.24, 2.45) is 5.92 Å².